The summed E-state index contributed by atoms with van der Waals surface area (Å²) >= 11 is 0. The highest BCUT2D eigenvalue weighted by Gasteiger charge is 2.21. The quantitative estimate of drug-likeness (QED) is 0.114. The predicted molar refractivity (Wildman–Crippen MR) is 218 cm³/mol. The van der Waals surface area contributed by atoms with Gasteiger partial charge < -0.3 is 20.1 Å². The Morgan fingerprint density at radius 1 is 0.768 bits per heavy atom. The number of methoxy groups -OCH3 is 2. The molecule has 0 radical (unpaired) electrons. The Bertz CT molecular complexity index is 2510. The predicted octanol–water partition coefficient (Wildman–Crippen LogP) is 7.80. The summed E-state index contributed by atoms with van der Waals surface area (Å²) in [5.74, 6) is 0.124. The van der Waals surface area contributed by atoms with Crippen LogP contribution >= 0.6 is 0 Å². The van der Waals surface area contributed by atoms with Crippen LogP contribution in [0.2, 0.25) is 0 Å². The highest BCUT2D eigenvalue weighted by Crippen LogP contribution is 2.34. The summed E-state index contributed by atoms with van der Waals surface area (Å²) in [4.78, 5) is 42.9. The van der Waals surface area contributed by atoms with E-state index in [0.717, 1.165) is 42.5 Å². The summed E-state index contributed by atoms with van der Waals surface area (Å²) in [5, 5.41) is 11.3. The molecular weight excluding hydrogens is 705 g/mol. The average Bonchev–Trinajstić information content (AvgIpc) is 3.59. The summed E-state index contributed by atoms with van der Waals surface area (Å²) < 4.78 is 12.9. The lowest BCUT2D eigenvalue weighted by Gasteiger charge is -2.23. The molecule has 2 N–H and O–H groups in total. The minimum Gasteiger partial charge on any atom is -0.493 e. The highest BCUT2D eigenvalue weighted by molar-refractivity contribution is 6.12. The van der Waals surface area contributed by atoms with E-state index in [-0.39, 0.29) is 16.9 Å². The summed E-state index contributed by atoms with van der Waals surface area (Å²) in [5.41, 5.74) is 8.21. The summed E-state index contributed by atoms with van der Waals surface area (Å²) in [7, 11) is 4.93. The number of aromatic nitrogens is 5. The molecule has 0 aliphatic carbocycles. The van der Waals surface area contributed by atoms with Crippen LogP contribution < -0.4 is 20.1 Å². The first-order chi connectivity index (χ1) is 27.2. The van der Waals surface area contributed by atoms with Gasteiger partial charge in [0.2, 0.25) is 0 Å². The van der Waals surface area contributed by atoms with Gasteiger partial charge in [-0.3, -0.25) is 29.1 Å². The molecule has 0 atom stereocenters. The summed E-state index contributed by atoms with van der Waals surface area (Å²) in [6.45, 7) is 6.69. The fraction of sp³-hybridized carbons (Fsp3) is 0.227. The molecule has 0 spiro atoms. The Balaban J connectivity index is 1.06. The van der Waals surface area contributed by atoms with Crippen molar-refractivity contribution in [3.05, 3.63) is 143 Å². The minimum atomic E-state index is -0.524. The molecular formula is C44H44N8O4. The van der Waals surface area contributed by atoms with Gasteiger partial charge in [-0.15, -0.1) is 0 Å². The van der Waals surface area contributed by atoms with Crippen molar-refractivity contribution >= 4 is 45.1 Å². The van der Waals surface area contributed by atoms with Crippen molar-refractivity contribution in [3.63, 3.8) is 0 Å². The second-order valence-corrected chi connectivity index (χ2v) is 14.0. The fourth-order valence-electron chi connectivity index (χ4n) is 6.62. The zero-order chi connectivity index (χ0) is 39.2. The lowest BCUT2D eigenvalue weighted by atomic mass is 10.0. The maximum absolute atomic E-state index is 13.8. The molecule has 56 heavy (non-hydrogen) atoms. The summed E-state index contributed by atoms with van der Waals surface area (Å²) in [6.07, 6.45) is 8.00. The van der Waals surface area contributed by atoms with Crippen molar-refractivity contribution in [2.45, 2.75) is 39.3 Å². The van der Waals surface area contributed by atoms with E-state index in [9.17, 15) is 9.59 Å². The number of carbonyl (C=O) groups is 2. The Kier molecular flexibility index (Phi) is 11.3. The molecule has 0 unspecified atom stereocenters. The lowest BCUT2D eigenvalue weighted by Crippen LogP contribution is -2.25. The smallest absolute Gasteiger partial charge is 0.275 e. The number of aryl methyl sites for hydroxylation is 1. The normalized spacial score (nSPS) is 11.3. The molecule has 0 saturated carbocycles. The number of hydrogen-bond acceptors (Lipinski definition) is 9. The van der Waals surface area contributed by atoms with Crippen LogP contribution in [0.5, 0.6) is 11.5 Å². The molecule has 0 aliphatic rings. The van der Waals surface area contributed by atoms with Gasteiger partial charge in [0.05, 0.1) is 54.4 Å². The third-order valence-electron chi connectivity index (χ3n) is 9.73. The van der Waals surface area contributed by atoms with Crippen LogP contribution in [0.3, 0.4) is 0 Å². The van der Waals surface area contributed by atoms with E-state index in [4.69, 9.17) is 9.47 Å². The van der Waals surface area contributed by atoms with Gasteiger partial charge in [-0.25, -0.2) is 4.98 Å². The van der Waals surface area contributed by atoms with Gasteiger partial charge in [-0.1, -0.05) is 50.2 Å². The first-order valence-corrected chi connectivity index (χ1v) is 18.4. The molecule has 12 nitrogen and oxygen atoms in total. The number of ether oxygens (including phenoxy) is 2. The van der Waals surface area contributed by atoms with E-state index < -0.39 is 11.8 Å². The van der Waals surface area contributed by atoms with Crippen molar-refractivity contribution in [3.8, 4) is 11.5 Å². The largest absolute Gasteiger partial charge is 0.493 e. The summed E-state index contributed by atoms with van der Waals surface area (Å²) in [6, 6.07) is 26.9. The van der Waals surface area contributed by atoms with Crippen LogP contribution in [0.4, 0.5) is 11.4 Å². The maximum Gasteiger partial charge on any atom is 0.275 e. The zero-order valence-electron chi connectivity index (χ0n) is 32.1. The van der Waals surface area contributed by atoms with Crippen LogP contribution in [0, 0.1) is 0 Å². The van der Waals surface area contributed by atoms with E-state index in [1.165, 1.54) is 43.2 Å². The Hall–Kier alpha value is -6.66. The van der Waals surface area contributed by atoms with Crippen molar-refractivity contribution < 1.29 is 19.1 Å². The molecule has 0 bridgehead atoms. The number of para-hydroxylation sites is 2. The molecule has 7 rings (SSSR count). The van der Waals surface area contributed by atoms with E-state index >= 15 is 0 Å². The fourth-order valence-corrected chi connectivity index (χ4v) is 6.62. The number of benzene rings is 4. The number of amides is 2. The molecule has 284 valence electrons. The minimum absolute atomic E-state index is 0.106. The van der Waals surface area contributed by atoms with Crippen molar-refractivity contribution in [2.24, 2.45) is 7.05 Å². The van der Waals surface area contributed by atoms with E-state index in [1.54, 1.807) is 12.1 Å². The molecule has 2 amide bonds. The van der Waals surface area contributed by atoms with Gasteiger partial charge >= 0.3 is 0 Å². The number of nitrogens with one attached hydrogen (secondary N) is 2. The topological polar surface area (TPSA) is 136 Å². The third-order valence-corrected chi connectivity index (χ3v) is 9.73. The van der Waals surface area contributed by atoms with E-state index in [2.05, 4.69) is 73.7 Å². The van der Waals surface area contributed by atoms with Crippen LogP contribution in [-0.2, 0) is 26.6 Å². The molecule has 0 aliphatic heterocycles. The van der Waals surface area contributed by atoms with Crippen LogP contribution in [0.15, 0.2) is 110 Å². The van der Waals surface area contributed by atoms with Crippen molar-refractivity contribution in [1.82, 2.24) is 29.6 Å². The number of fused-ring (bicyclic) bond motifs is 2. The monoisotopic (exact) mass is 748 g/mol. The van der Waals surface area contributed by atoms with Gasteiger partial charge in [0.1, 0.15) is 5.69 Å². The Morgan fingerprint density at radius 3 is 2.27 bits per heavy atom. The first kappa shape index (κ1) is 37.6. The van der Waals surface area contributed by atoms with E-state index in [0.29, 0.717) is 34.1 Å². The van der Waals surface area contributed by atoms with Crippen molar-refractivity contribution in [1.29, 1.82) is 0 Å². The Labute approximate surface area is 325 Å². The number of nitrogens with zero attached hydrogens (tertiary/aromatic N) is 6. The zero-order valence-corrected chi connectivity index (χ0v) is 32.1. The number of rotatable bonds is 14. The molecule has 7 aromatic rings. The molecule has 3 heterocycles. The van der Waals surface area contributed by atoms with Crippen LogP contribution in [0.1, 0.15) is 62.9 Å². The Morgan fingerprint density at radius 2 is 1.50 bits per heavy atom. The van der Waals surface area contributed by atoms with E-state index in [1.807, 2.05) is 72.8 Å². The molecule has 3 aromatic heterocycles. The SMILES string of the molecule is COc1cc(NC(=O)c2cnc3ccccc3n2)c(C(=O)Nc2ccc(CCN(Cc3cncc(C(C)C)c3)Cc3ccc4c(cnn4C)c3)cc2)cc1OC. The second-order valence-electron chi connectivity index (χ2n) is 14.0. The molecule has 0 saturated heterocycles. The van der Waals surface area contributed by atoms with Gasteiger partial charge in [0.15, 0.2) is 11.5 Å². The maximum atomic E-state index is 13.8. The number of pyridine rings is 1. The number of anilines is 2. The van der Waals surface area contributed by atoms with Gasteiger partial charge in [-0.2, -0.15) is 5.10 Å². The van der Waals surface area contributed by atoms with Crippen LogP contribution in [-0.4, -0.2) is 62.2 Å². The number of hydrogen-bond donors (Lipinski definition) is 2. The molecule has 12 heteroatoms. The van der Waals surface area contributed by atoms with Crippen LogP contribution in [0.25, 0.3) is 21.9 Å². The molecule has 4 aromatic carbocycles. The van der Waals surface area contributed by atoms with Crippen molar-refractivity contribution in [2.75, 3.05) is 31.4 Å². The highest BCUT2D eigenvalue weighted by atomic mass is 16.5. The third kappa shape index (κ3) is 8.66. The number of carbonyl (C=O) groups excluding carboxylic acids is 2. The lowest BCUT2D eigenvalue weighted by molar-refractivity contribution is 0.102. The van der Waals surface area contributed by atoms with Gasteiger partial charge in [-0.05, 0) is 77.1 Å². The second kappa shape index (κ2) is 16.8. The van der Waals surface area contributed by atoms with Gasteiger partial charge in [0, 0.05) is 56.2 Å². The first-order valence-electron chi connectivity index (χ1n) is 18.4. The molecule has 0 fully saturated rings. The average molecular weight is 749 g/mol. The van der Waals surface area contributed by atoms with Gasteiger partial charge in [0.25, 0.3) is 11.8 Å². The standard InChI is InChI=1S/C44H44N8O4/c1-28(2)32-19-31(22-45-23-32)27-52(26-30-12-15-40-33(18-30)24-47-51(40)3)17-16-29-10-13-34(14-11-29)48-43(53)35-20-41(55-4)42(56-5)21-38(35)50-44(54)39-25-46-36-8-6-7-9-37(36)49-39/h6-15,18-25,28H,16-17,26-27H2,1-5H3,(H,48,53)(H,50,54).